The van der Waals surface area contributed by atoms with E-state index in [-0.39, 0.29) is 5.76 Å². The second kappa shape index (κ2) is 7.76. The number of hydrogen-bond donors (Lipinski definition) is 2. The first-order valence-electron chi connectivity index (χ1n) is 8.46. The summed E-state index contributed by atoms with van der Waals surface area (Å²) in [5, 5.41) is 9.37. The monoisotopic (exact) mass is 358 g/mol. The second-order valence-electron chi connectivity index (χ2n) is 6.17. The van der Waals surface area contributed by atoms with E-state index in [9.17, 15) is 5.11 Å². The SMILES string of the molecule is C=C(O)/C=C\C(=C\Cl)c1cn2ccnc2c(N2CCCCC2)c1CN. The molecule has 5 nitrogen and oxygen atoms in total. The third-order valence-corrected chi connectivity index (χ3v) is 4.75. The summed E-state index contributed by atoms with van der Waals surface area (Å²) in [4.78, 5) is 6.92. The van der Waals surface area contributed by atoms with Gasteiger partial charge in [-0.25, -0.2) is 4.98 Å². The minimum atomic E-state index is -0.0229. The van der Waals surface area contributed by atoms with Crippen molar-refractivity contribution in [2.75, 3.05) is 18.0 Å². The summed E-state index contributed by atoms with van der Waals surface area (Å²) in [5.74, 6) is -0.0229. The lowest BCUT2D eigenvalue weighted by Crippen LogP contribution is -2.31. The number of halogens is 1. The lowest BCUT2D eigenvalue weighted by Gasteiger charge is -2.31. The molecule has 0 aliphatic carbocycles. The summed E-state index contributed by atoms with van der Waals surface area (Å²) in [7, 11) is 0. The van der Waals surface area contributed by atoms with Crippen LogP contribution in [0.2, 0.25) is 0 Å². The van der Waals surface area contributed by atoms with Crippen LogP contribution in [0.3, 0.4) is 0 Å². The standard InChI is InChI=1S/C19H23ClN4O/c1-14(25)5-6-15(11-20)17-13-24-10-7-22-19(24)18(16(17)12-21)23-8-3-2-4-9-23/h5-7,10-11,13,25H,1-4,8-9,12,21H2/b6-5-,15-11-. The number of aromatic nitrogens is 2. The number of allylic oxidation sites excluding steroid dienone is 3. The lowest BCUT2D eigenvalue weighted by molar-refractivity contribution is 0.435. The summed E-state index contributed by atoms with van der Waals surface area (Å²) in [6, 6.07) is 0. The first kappa shape index (κ1) is 17.6. The highest BCUT2D eigenvalue weighted by Crippen LogP contribution is 2.34. The van der Waals surface area contributed by atoms with E-state index in [1.54, 1.807) is 12.3 Å². The molecule has 1 saturated heterocycles. The summed E-state index contributed by atoms with van der Waals surface area (Å²) < 4.78 is 2.00. The van der Waals surface area contributed by atoms with Gasteiger partial charge in [0.1, 0.15) is 5.76 Å². The maximum Gasteiger partial charge on any atom is 0.160 e. The van der Waals surface area contributed by atoms with Crippen LogP contribution in [-0.4, -0.2) is 27.6 Å². The van der Waals surface area contributed by atoms with Gasteiger partial charge in [-0.15, -0.1) is 0 Å². The Morgan fingerprint density at radius 2 is 2.08 bits per heavy atom. The number of nitrogens with zero attached hydrogens (tertiary/aromatic N) is 3. The van der Waals surface area contributed by atoms with Gasteiger partial charge in [-0.05, 0) is 37.0 Å². The number of rotatable bonds is 5. The van der Waals surface area contributed by atoms with Crippen molar-refractivity contribution in [3.63, 3.8) is 0 Å². The van der Waals surface area contributed by atoms with Crippen molar-refractivity contribution in [2.24, 2.45) is 5.73 Å². The van der Waals surface area contributed by atoms with Crippen LogP contribution in [0.4, 0.5) is 5.69 Å². The van der Waals surface area contributed by atoms with E-state index in [0.29, 0.717) is 6.54 Å². The van der Waals surface area contributed by atoms with Crippen LogP contribution in [0.25, 0.3) is 11.2 Å². The number of imidazole rings is 1. The molecule has 132 valence electrons. The third kappa shape index (κ3) is 3.57. The molecule has 0 atom stereocenters. The predicted molar refractivity (Wildman–Crippen MR) is 104 cm³/mol. The van der Waals surface area contributed by atoms with Gasteiger partial charge in [0, 0.05) is 54.9 Å². The van der Waals surface area contributed by atoms with Gasteiger partial charge in [-0.3, -0.25) is 0 Å². The molecule has 3 N–H and O–H groups in total. The molecule has 0 unspecified atom stereocenters. The fraction of sp³-hybridized carbons (Fsp3) is 0.316. The number of anilines is 1. The van der Waals surface area contributed by atoms with E-state index in [2.05, 4.69) is 16.5 Å². The molecule has 0 bridgehead atoms. The highest BCUT2D eigenvalue weighted by molar-refractivity contribution is 6.28. The molecule has 0 spiro atoms. The molecular weight excluding hydrogens is 336 g/mol. The molecule has 1 fully saturated rings. The van der Waals surface area contributed by atoms with Crippen LogP contribution in [0.5, 0.6) is 0 Å². The van der Waals surface area contributed by atoms with Crippen molar-refractivity contribution >= 4 is 28.5 Å². The number of nitrogens with two attached hydrogens (primary N) is 1. The van der Waals surface area contributed by atoms with Crippen LogP contribution in [-0.2, 0) is 6.54 Å². The Labute approximate surface area is 152 Å². The maximum atomic E-state index is 9.37. The maximum absolute atomic E-state index is 9.37. The Morgan fingerprint density at radius 1 is 1.32 bits per heavy atom. The molecule has 1 aliphatic heterocycles. The molecule has 0 radical (unpaired) electrons. The Balaban J connectivity index is 2.20. The van der Waals surface area contributed by atoms with Crippen molar-refractivity contribution < 1.29 is 5.11 Å². The van der Waals surface area contributed by atoms with Crippen LogP contribution in [0, 0.1) is 0 Å². The van der Waals surface area contributed by atoms with Gasteiger partial charge in [-0.2, -0.15) is 0 Å². The number of fused-ring (bicyclic) bond motifs is 1. The lowest BCUT2D eigenvalue weighted by atomic mass is 9.99. The molecule has 0 aromatic carbocycles. The van der Waals surface area contributed by atoms with Crippen molar-refractivity contribution in [1.29, 1.82) is 0 Å². The normalized spacial score (nSPS) is 16.1. The summed E-state index contributed by atoms with van der Waals surface area (Å²) in [6.45, 7) is 5.87. The van der Waals surface area contributed by atoms with Crippen LogP contribution >= 0.6 is 11.6 Å². The van der Waals surface area contributed by atoms with Gasteiger partial charge in [-0.1, -0.05) is 18.2 Å². The van der Waals surface area contributed by atoms with Gasteiger partial charge in [0.2, 0.25) is 0 Å². The minimum absolute atomic E-state index is 0.0229. The second-order valence-corrected chi connectivity index (χ2v) is 6.39. The highest BCUT2D eigenvalue weighted by Gasteiger charge is 2.22. The van der Waals surface area contributed by atoms with Gasteiger partial charge in [0.15, 0.2) is 5.65 Å². The highest BCUT2D eigenvalue weighted by atomic mass is 35.5. The predicted octanol–water partition coefficient (Wildman–Crippen LogP) is 3.99. The zero-order chi connectivity index (χ0) is 17.8. The molecule has 2 aromatic heterocycles. The topological polar surface area (TPSA) is 66.8 Å². The van der Waals surface area contributed by atoms with Crippen molar-refractivity contribution in [1.82, 2.24) is 9.38 Å². The molecule has 0 saturated carbocycles. The van der Waals surface area contributed by atoms with E-state index in [1.807, 2.05) is 16.8 Å². The zero-order valence-corrected chi connectivity index (χ0v) is 14.9. The molecular formula is C19H23ClN4O. The van der Waals surface area contributed by atoms with Crippen LogP contribution in [0.15, 0.2) is 48.6 Å². The average molecular weight is 359 g/mol. The van der Waals surface area contributed by atoms with E-state index in [1.165, 1.54) is 30.9 Å². The molecule has 3 rings (SSSR count). The zero-order valence-electron chi connectivity index (χ0n) is 14.2. The summed E-state index contributed by atoms with van der Waals surface area (Å²) >= 11 is 6.07. The Hall–Kier alpha value is -2.24. The fourth-order valence-electron chi connectivity index (χ4n) is 3.36. The summed E-state index contributed by atoms with van der Waals surface area (Å²) in [6.07, 6.45) is 12.6. The van der Waals surface area contributed by atoms with E-state index >= 15 is 0 Å². The van der Waals surface area contributed by atoms with Gasteiger partial charge >= 0.3 is 0 Å². The number of pyridine rings is 1. The fourth-order valence-corrected chi connectivity index (χ4v) is 3.55. The number of hydrogen-bond acceptors (Lipinski definition) is 4. The first-order chi connectivity index (χ1) is 12.2. The van der Waals surface area contributed by atoms with E-state index in [0.717, 1.165) is 41.1 Å². The summed E-state index contributed by atoms with van der Waals surface area (Å²) in [5.41, 5.74) is 12.3. The van der Waals surface area contributed by atoms with Crippen molar-refractivity contribution in [3.8, 4) is 0 Å². The Morgan fingerprint density at radius 3 is 2.72 bits per heavy atom. The number of aliphatic hydroxyl groups excluding tert-OH is 1. The number of aliphatic hydroxyl groups is 1. The molecule has 3 heterocycles. The Bertz CT molecular complexity index is 831. The van der Waals surface area contributed by atoms with Crippen molar-refractivity contribution in [2.45, 2.75) is 25.8 Å². The van der Waals surface area contributed by atoms with Crippen LogP contribution in [0.1, 0.15) is 30.4 Å². The van der Waals surface area contributed by atoms with Gasteiger partial charge < -0.3 is 20.1 Å². The van der Waals surface area contributed by atoms with E-state index in [4.69, 9.17) is 17.3 Å². The smallest absolute Gasteiger partial charge is 0.160 e. The molecule has 0 amide bonds. The Kier molecular flexibility index (Phi) is 5.46. The average Bonchev–Trinajstić information content (AvgIpc) is 3.09. The largest absolute Gasteiger partial charge is 0.509 e. The van der Waals surface area contributed by atoms with Crippen molar-refractivity contribution in [3.05, 3.63) is 59.7 Å². The third-order valence-electron chi connectivity index (χ3n) is 4.52. The van der Waals surface area contributed by atoms with E-state index < -0.39 is 0 Å². The number of piperidine rings is 1. The molecule has 2 aromatic rings. The molecule has 25 heavy (non-hydrogen) atoms. The molecule has 1 aliphatic rings. The van der Waals surface area contributed by atoms with Gasteiger partial charge in [0.25, 0.3) is 0 Å². The quantitative estimate of drug-likeness (QED) is 0.626. The minimum Gasteiger partial charge on any atom is -0.509 e. The van der Waals surface area contributed by atoms with Crippen LogP contribution < -0.4 is 10.6 Å². The first-order valence-corrected chi connectivity index (χ1v) is 8.89. The van der Waals surface area contributed by atoms with Gasteiger partial charge in [0.05, 0.1) is 5.69 Å². The molecule has 6 heteroatoms.